The van der Waals surface area contributed by atoms with Gasteiger partial charge in [-0.2, -0.15) is 0 Å². The van der Waals surface area contributed by atoms with Crippen LogP contribution in [-0.2, 0) is 13.0 Å². The van der Waals surface area contributed by atoms with E-state index >= 15 is 0 Å². The van der Waals surface area contributed by atoms with Crippen LogP contribution in [-0.4, -0.2) is 9.67 Å². The molecule has 0 radical (unpaired) electrons. The lowest BCUT2D eigenvalue weighted by molar-refractivity contribution is 0.265. The second kappa shape index (κ2) is 6.09. The van der Waals surface area contributed by atoms with Crippen molar-refractivity contribution in [1.82, 2.24) is 4.57 Å². The number of aryl methyl sites for hydroxylation is 1. The van der Waals surface area contributed by atoms with Gasteiger partial charge in [0.25, 0.3) is 0 Å². The number of aliphatic hydroxyl groups is 1. The molecule has 1 atom stereocenters. The molecule has 0 spiro atoms. The van der Waals surface area contributed by atoms with Crippen molar-refractivity contribution in [3.05, 3.63) is 23.5 Å². The zero-order valence-corrected chi connectivity index (χ0v) is 11.0. The van der Waals surface area contributed by atoms with Gasteiger partial charge in [0.2, 0.25) is 0 Å². The molecule has 0 amide bonds. The average Bonchev–Trinajstić information content (AvgIpc) is 2.68. The first-order chi connectivity index (χ1) is 7.60. The Kier molecular flexibility index (Phi) is 5.07. The molecule has 1 aromatic heterocycles. The predicted octanol–water partition coefficient (Wildman–Crippen LogP) is 3.54. The number of aromatic nitrogens is 1. The molecule has 0 fully saturated rings. The molecule has 1 N–H and O–H groups in total. The minimum Gasteiger partial charge on any atom is -0.390 e. The Labute approximate surface area is 99.3 Å². The molecule has 92 valence electrons. The van der Waals surface area contributed by atoms with Crippen LogP contribution < -0.4 is 0 Å². The molecule has 0 aliphatic carbocycles. The average molecular weight is 223 g/mol. The van der Waals surface area contributed by atoms with Crippen LogP contribution in [0.15, 0.2) is 12.1 Å². The summed E-state index contributed by atoms with van der Waals surface area (Å²) in [5.41, 5.74) is 2.42. The second-order valence-electron chi connectivity index (χ2n) is 5.03. The minimum absolute atomic E-state index is 0.145. The molecule has 2 nitrogen and oxygen atoms in total. The molecule has 1 rings (SSSR count). The topological polar surface area (TPSA) is 25.2 Å². The van der Waals surface area contributed by atoms with Crippen LogP contribution in [0.3, 0.4) is 0 Å². The normalized spacial score (nSPS) is 13.4. The van der Waals surface area contributed by atoms with E-state index in [4.69, 9.17) is 0 Å². The van der Waals surface area contributed by atoms with Gasteiger partial charge in [0.1, 0.15) is 0 Å². The summed E-state index contributed by atoms with van der Waals surface area (Å²) in [5, 5.41) is 9.33. The molecule has 1 aromatic rings. The van der Waals surface area contributed by atoms with Crippen LogP contribution in [0.25, 0.3) is 0 Å². The highest BCUT2D eigenvalue weighted by atomic mass is 16.3. The molecule has 0 unspecified atom stereocenters. The first-order valence-electron chi connectivity index (χ1n) is 6.40. The van der Waals surface area contributed by atoms with Gasteiger partial charge in [0.05, 0.1) is 6.61 Å². The Morgan fingerprint density at radius 2 is 1.81 bits per heavy atom. The van der Waals surface area contributed by atoms with Gasteiger partial charge >= 0.3 is 0 Å². The Morgan fingerprint density at radius 3 is 2.31 bits per heavy atom. The van der Waals surface area contributed by atoms with Crippen molar-refractivity contribution in [2.75, 3.05) is 0 Å². The standard InChI is InChI=1S/C14H25NO/c1-5-12(4)15-13(7-6-11(2)3)8-9-14(15)10-16/h8-9,11-12,16H,5-7,10H2,1-4H3/t12-/m0/s1. The molecule has 0 aliphatic rings. The first-order valence-corrected chi connectivity index (χ1v) is 6.40. The van der Waals surface area contributed by atoms with Gasteiger partial charge < -0.3 is 9.67 Å². The Hall–Kier alpha value is -0.760. The maximum absolute atomic E-state index is 9.33. The number of nitrogens with zero attached hydrogens (tertiary/aromatic N) is 1. The smallest absolute Gasteiger partial charge is 0.0833 e. The van der Waals surface area contributed by atoms with E-state index in [1.54, 1.807) is 0 Å². The fourth-order valence-electron chi connectivity index (χ4n) is 2.06. The van der Waals surface area contributed by atoms with Gasteiger partial charge in [-0.3, -0.25) is 0 Å². The minimum atomic E-state index is 0.145. The monoisotopic (exact) mass is 223 g/mol. The lowest BCUT2D eigenvalue weighted by Crippen LogP contribution is -2.12. The molecular weight excluding hydrogens is 198 g/mol. The lowest BCUT2D eigenvalue weighted by atomic mass is 10.1. The van der Waals surface area contributed by atoms with Crippen molar-refractivity contribution in [2.45, 2.75) is 59.6 Å². The van der Waals surface area contributed by atoms with Crippen molar-refractivity contribution in [3.63, 3.8) is 0 Å². The maximum atomic E-state index is 9.33. The van der Waals surface area contributed by atoms with Crippen molar-refractivity contribution in [1.29, 1.82) is 0 Å². The number of aliphatic hydroxyl groups excluding tert-OH is 1. The molecule has 0 saturated carbocycles. The molecular formula is C14H25NO. The van der Waals surface area contributed by atoms with Crippen LogP contribution in [0, 0.1) is 5.92 Å². The number of hydrogen-bond donors (Lipinski definition) is 1. The van der Waals surface area contributed by atoms with E-state index in [-0.39, 0.29) is 6.61 Å². The van der Waals surface area contributed by atoms with Crippen LogP contribution in [0.1, 0.15) is 58.0 Å². The summed E-state index contributed by atoms with van der Waals surface area (Å²) in [6.45, 7) is 9.06. The predicted molar refractivity (Wildman–Crippen MR) is 68.5 cm³/mol. The Morgan fingerprint density at radius 1 is 1.19 bits per heavy atom. The van der Waals surface area contributed by atoms with E-state index in [2.05, 4.69) is 44.4 Å². The van der Waals surface area contributed by atoms with Crippen LogP contribution in [0.5, 0.6) is 0 Å². The summed E-state index contributed by atoms with van der Waals surface area (Å²) in [6, 6.07) is 4.71. The third-order valence-electron chi connectivity index (χ3n) is 3.26. The largest absolute Gasteiger partial charge is 0.390 e. The lowest BCUT2D eigenvalue weighted by Gasteiger charge is -2.19. The summed E-state index contributed by atoms with van der Waals surface area (Å²) in [7, 11) is 0. The highest BCUT2D eigenvalue weighted by Crippen LogP contribution is 2.21. The van der Waals surface area contributed by atoms with Gasteiger partial charge in [-0.05, 0) is 44.2 Å². The summed E-state index contributed by atoms with van der Waals surface area (Å²) in [6.07, 6.45) is 3.43. The van der Waals surface area contributed by atoms with E-state index < -0.39 is 0 Å². The fourth-order valence-corrected chi connectivity index (χ4v) is 2.06. The maximum Gasteiger partial charge on any atom is 0.0833 e. The molecule has 0 saturated heterocycles. The highest BCUT2D eigenvalue weighted by molar-refractivity contribution is 5.17. The second-order valence-corrected chi connectivity index (χ2v) is 5.03. The molecule has 0 aromatic carbocycles. The quantitative estimate of drug-likeness (QED) is 0.784. The third-order valence-corrected chi connectivity index (χ3v) is 3.26. The summed E-state index contributed by atoms with van der Waals surface area (Å²) < 4.78 is 2.31. The van der Waals surface area contributed by atoms with Gasteiger partial charge in [0.15, 0.2) is 0 Å². The van der Waals surface area contributed by atoms with Crippen molar-refractivity contribution < 1.29 is 5.11 Å². The summed E-state index contributed by atoms with van der Waals surface area (Å²) in [4.78, 5) is 0. The van der Waals surface area contributed by atoms with E-state index in [1.807, 2.05) is 0 Å². The zero-order chi connectivity index (χ0) is 12.1. The van der Waals surface area contributed by atoms with Crippen LogP contribution in [0.2, 0.25) is 0 Å². The highest BCUT2D eigenvalue weighted by Gasteiger charge is 2.12. The van der Waals surface area contributed by atoms with Crippen molar-refractivity contribution in [2.24, 2.45) is 5.92 Å². The molecule has 0 aliphatic heterocycles. The van der Waals surface area contributed by atoms with Gasteiger partial charge in [-0.1, -0.05) is 20.8 Å². The Bertz CT molecular complexity index is 315. The van der Waals surface area contributed by atoms with E-state index in [0.29, 0.717) is 6.04 Å². The van der Waals surface area contributed by atoms with Gasteiger partial charge in [-0.15, -0.1) is 0 Å². The van der Waals surface area contributed by atoms with Crippen LogP contribution >= 0.6 is 0 Å². The van der Waals surface area contributed by atoms with Crippen molar-refractivity contribution in [3.8, 4) is 0 Å². The van der Waals surface area contributed by atoms with E-state index in [1.165, 1.54) is 12.1 Å². The van der Waals surface area contributed by atoms with Gasteiger partial charge in [-0.25, -0.2) is 0 Å². The Balaban J connectivity index is 2.86. The van der Waals surface area contributed by atoms with E-state index in [9.17, 15) is 5.11 Å². The summed E-state index contributed by atoms with van der Waals surface area (Å²) in [5.74, 6) is 0.734. The molecule has 0 bridgehead atoms. The SMILES string of the molecule is CC[C@H](C)n1c(CO)ccc1CCC(C)C. The van der Waals surface area contributed by atoms with Crippen molar-refractivity contribution >= 4 is 0 Å². The van der Waals surface area contributed by atoms with Gasteiger partial charge in [0, 0.05) is 17.4 Å². The first kappa shape index (κ1) is 13.3. The number of hydrogen-bond acceptors (Lipinski definition) is 1. The molecule has 1 heterocycles. The van der Waals surface area contributed by atoms with E-state index in [0.717, 1.165) is 24.5 Å². The zero-order valence-electron chi connectivity index (χ0n) is 11.0. The fraction of sp³-hybridized carbons (Fsp3) is 0.714. The third kappa shape index (κ3) is 3.11. The summed E-state index contributed by atoms with van der Waals surface area (Å²) >= 11 is 0. The number of rotatable bonds is 6. The molecule has 16 heavy (non-hydrogen) atoms. The van der Waals surface area contributed by atoms with Crippen LogP contribution in [0.4, 0.5) is 0 Å². The molecule has 2 heteroatoms.